The van der Waals surface area contributed by atoms with Crippen LogP contribution in [0.3, 0.4) is 0 Å². The van der Waals surface area contributed by atoms with Crippen LogP contribution in [0.2, 0.25) is 0 Å². The number of nitrogens with zero attached hydrogens (tertiary/aromatic N) is 1. The molecule has 3 aromatic rings. The Morgan fingerprint density at radius 2 is 1.79 bits per heavy atom. The highest BCUT2D eigenvalue weighted by molar-refractivity contribution is 5.86. The third-order valence-corrected chi connectivity index (χ3v) is 5.45. The Morgan fingerprint density at radius 1 is 1.00 bits per heavy atom. The Morgan fingerprint density at radius 3 is 2.61 bits per heavy atom. The van der Waals surface area contributed by atoms with Crippen LogP contribution in [0.4, 0.5) is 0 Å². The minimum atomic E-state index is -0.124. The monoisotopic (exact) mass is 379 g/mol. The summed E-state index contributed by atoms with van der Waals surface area (Å²) in [6, 6.07) is 8.65. The summed E-state index contributed by atoms with van der Waals surface area (Å²) in [5.41, 5.74) is 2.18. The smallest absolute Gasteiger partial charge is 0.200 e. The first-order chi connectivity index (χ1) is 13.7. The summed E-state index contributed by atoms with van der Waals surface area (Å²) in [4.78, 5) is 15.4. The first kappa shape index (κ1) is 17.1. The molecule has 1 aromatic heterocycles. The normalized spacial score (nSPS) is 16.6. The van der Waals surface area contributed by atoms with Gasteiger partial charge in [-0.15, -0.1) is 0 Å². The number of phenols is 1. The first-order valence-corrected chi connectivity index (χ1v) is 9.59. The van der Waals surface area contributed by atoms with E-state index in [2.05, 4.69) is 4.90 Å². The van der Waals surface area contributed by atoms with Crippen molar-refractivity contribution in [3.05, 3.63) is 52.4 Å². The second kappa shape index (κ2) is 6.87. The molecule has 0 radical (unpaired) electrons. The van der Waals surface area contributed by atoms with Crippen LogP contribution in [0.25, 0.3) is 22.1 Å². The summed E-state index contributed by atoms with van der Waals surface area (Å²) in [6.07, 6.45) is 3.79. The summed E-state index contributed by atoms with van der Waals surface area (Å²) in [5, 5.41) is 10.8. The number of likely N-dealkylation sites (tertiary alicyclic amines) is 1. The van der Waals surface area contributed by atoms with Gasteiger partial charge in [0.25, 0.3) is 0 Å². The van der Waals surface area contributed by atoms with Gasteiger partial charge in [0, 0.05) is 6.54 Å². The third kappa shape index (κ3) is 2.90. The molecule has 2 aromatic carbocycles. The lowest BCUT2D eigenvalue weighted by atomic mass is 10.0. The number of ether oxygens (including phenoxy) is 2. The van der Waals surface area contributed by atoms with Crippen LogP contribution in [-0.2, 0) is 6.54 Å². The SMILES string of the molecule is O=c1c(-c2ccc3c(c2)OCCO3)coc2c(CN3CCCC3)c(O)ccc12. The second-order valence-electron chi connectivity index (χ2n) is 7.26. The van der Waals surface area contributed by atoms with Crippen molar-refractivity contribution in [2.75, 3.05) is 26.3 Å². The molecule has 144 valence electrons. The molecule has 0 atom stereocenters. The van der Waals surface area contributed by atoms with E-state index < -0.39 is 0 Å². The average molecular weight is 379 g/mol. The summed E-state index contributed by atoms with van der Waals surface area (Å²) in [5.74, 6) is 1.47. The standard InChI is InChI=1S/C22H21NO5/c24-18-5-4-15-21(25)17(14-3-6-19-20(11-14)27-10-9-26-19)13-28-22(15)16(18)12-23-7-1-2-8-23/h3-6,11,13,24H,1-2,7-10,12H2. The van der Waals surface area contributed by atoms with Gasteiger partial charge >= 0.3 is 0 Å². The Kier molecular flexibility index (Phi) is 4.20. The second-order valence-corrected chi connectivity index (χ2v) is 7.26. The van der Waals surface area contributed by atoms with E-state index in [4.69, 9.17) is 13.9 Å². The predicted octanol–water partition coefficient (Wildman–Crippen LogP) is 3.53. The van der Waals surface area contributed by atoms with Gasteiger partial charge in [-0.05, 0) is 55.8 Å². The van der Waals surface area contributed by atoms with Crippen LogP contribution < -0.4 is 14.9 Å². The highest BCUT2D eigenvalue weighted by Gasteiger charge is 2.20. The van der Waals surface area contributed by atoms with E-state index in [1.807, 2.05) is 12.1 Å². The molecule has 0 saturated carbocycles. The molecule has 6 nitrogen and oxygen atoms in total. The number of hydrogen-bond donors (Lipinski definition) is 1. The van der Waals surface area contributed by atoms with E-state index in [1.165, 1.54) is 6.26 Å². The van der Waals surface area contributed by atoms with Crippen molar-refractivity contribution in [1.29, 1.82) is 0 Å². The molecule has 0 amide bonds. The molecule has 28 heavy (non-hydrogen) atoms. The largest absolute Gasteiger partial charge is 0.507 e. The molecule has 0 spiro atoms. The fraction of sp³-hybridized carbons (Fsp3) is 0.318. The Bertz CT molecular complexity index is 1100. The maximum atomic E-state index is 13.2. The number of aromatic hydroxyl groups is 1. The van der Waals surface area contributed by atoms with Crippen molar-refractivity contribution < 1.29 is 19.0 Å². The molecule has 2 aliphatic heterocycles. The maximum Gasteiger partial charge on any atom is 0.200 e. The topological polar surface area (TPSA) is 72.1 Å². The fourth-order valence-electron chi connectivity index (χ4n) is 3.97. The van der Waals surface area contributed by atoms with Gasteiger partial charge in [0.05, 0.1) is 16.5 Å². The van der Waals surface area contributed by atoms with Crippen molar-refractivity contribution in [2.45, 2.75) is 19.4 Å². The van der Waals surface area contributed by atoms with E-state index in [9.17, 15) is 9.90 Å². The zero-order chi connectivity index (χ0) is 19.1. The molecule has 0 bridgehead atoms. The average Bonchev–Trinajstić information content (AvgIpc) is 3.23. The van der Waals surface area contributed by atoms with Gasteiger partial charge < -0.3 is 19.0 Å². The summed E-state index contributed by atoms with van der Waals surface area (Å²) < 4.78 is 17.1. The molecular weight excluding hydrogens is 358 g/mol. The molecule has 6 heteroatoms. The van der Waals surface area contributed by atoms with Crippen LogP contribution in [-0.4, -0.2) is 36.3 Å². The van der Waals surface area contributed by atoms with Crippen LogP contribution in [0.15, 0.2) is 45.8 Å². The van der Waals surface area contributed by atoms with Crippen molar-refractivity contribution in [3.63, 3.8) is 0 Å². The number of fused-ring (bicyclic) bond motifs is 2. The zero-order valence-electron chi connectivity index (χ0n) is 15.4. The molecule has 0 unspecified atom stereocenters. The number of benzene rings is 2. The van der Waals surface area contributed by atoms with E-state index >= 15 is 0 Å². The fourth-order valence-corrected chi connectivity index (χ4v) is 3.97. The van der Waals surface area contributed by atoms with Crippen LogP contribution >= 0.6 is 0 Å². The van der Waals surface area contributed by atoms with E-state index in [0.717, 1.165) is 25.9 Å². The van der Waals surface area contributed by atoms with Gasteiger partial charge in [-0.3, -0.25) is 9.69 Å². The number of rotatable bonds is 3. The van der Waals surface area contributed by atoms with Gasteiger partial charge in [0.1, 0.15) is 30.8 Å². The van der Waals surface area contributed by atoms with Gasteiger partial charge in [-0.1, -0.05) is 6.07 Å². The lowest BCUT2D eigenvalue weighted by Gasteiger charge is -2.19. The highest BCUT2D eigenvalue weighted by atomic mass is 16.6. The Balaban J connectivity index is 1.59. The number of phenolic OH excluding ortho intramolecular Hbond substituents is 1. The van der Waals surface area contributed by atoms with Crippen LogP contribution in [0.1, 0.15) is 18.4 Å². The summed E-state index contributed by atoms with van der Waals surface area (Å²) >= 11 is 0. The van der Waals surface area contributed by atoms with E-state index in [1.54, 1.807) is 18.2 Å². The van der Waals surface area contributed by atoms with Gasteiger partial charge in [0.2, 0.25) is 5.43 Å². The van der Waals surface area contributed by atoms with Crippen LogP contribution in [0.5, 0.6) is 17.2 Å². The van der Waals surface area contributed by atoms with Gasteiger partial charge in [-0.25, -0.2) is 0 Å². The highest BCUT2D eigenvalue weighted by Crippen LogP contribution is 2.35. The third-order valence-electron chi connectivity index (χ3n) is 5.45. The summed E-state index contributed by atoms with van der Waals surface area (Å²) in [6.45, 7) is 3.58. The Hall–Kier alpha value is -2.99. The lowest BCUT2D eigenvalue weighted by molar-refractivity contribution is 0.171. The predicted molar refractivity (Wildman–Crippen MR) is 105 cm³/mol. The van der Waals surface area contributed by atoms with E-state index in [0.29, 0.717) is 58.9 Å². The molecule has 2 aliphatic rings. The quantitative estimate of drug-likeness (QED) is 0.751. The lowest BCUT2D eigenvalue weighted by Crippen LogP contribution is -2.19. The van der Waals surface area contributed by atoms with Gasteiger partial charge in [0.15, 0.2) is 11.5 Å². The molecule has 1 saturated heterocycles. The first-order valence-electron chi connectivity index (χ1n) is 9.59. The van der Waals surface area contributed by atoms with Crippen molar-refractivity contribution in [2.24, 2.45) is 0 Å². The molecule has 0 aliphatic carbocycles. The van der Waals surface area contributed by atoms with Crippen LogP contribution in [0, 0.1) is 0 Å². The number of hydrogen-bond acceptors (Lipinski definition) is 6. The zero-order valence-corrected chi connectivity index (χ0v) is 15.4. The maximum absolute atomic E-state index is 13.2. The van der Waals surface area contributed by atoms with Crippen molar-refractivity contribution >= 4 is 11.0 Å². The van der Waals surface area contributed by atoms with Gasteiger partial charge in [-0.2, -0.15) is 0 Å². The van der Waals surface area contributed by atoms with Crippen molar-refractivity contribution in [3.8, 4) is 28.4 Å². The minimum absolute atomic E-state index is 0.124. The molecule has 1 fully saturated rings. The van der Waals surface area contributed by atoms with Crippen molar-refractivity contribution in [1.82, 2.24) is 4.90 Å². The summed E-state index contributed by atoms with van der Waals surface area (Å²) in [7, 11) is 0. The Labute approximate surface area is 161 Å². The molecular formula is C22H21NO5. The molecule has 3 heterocycles. The minimum Gasteiger partial charge on any atom is -0.507 e. The molecule has 1 N–H and O–H groups in total. The molecule has 5 rings (SSSR count). The van der Waals surface area contributed by atoms with E-state index in [-0.39, 0.29) is 11.2 Å².